The summed E-state index contributed by atoms with van der Waals surface area (Å²) in [6.07, 6.45) is 0.944. The molecule has 0 aliphatic rings. The average Bonchev–Trinajstić information content (AvgIpc) is 2.45. The first-order valence-electron chi connectivity index (χ1n) is 7.05. The van der Waals surface area contributed by atoms with Crippen molar-refractivity contribution in [1.29, 1.82) is 0 Å². The number of nitrogens with one attached hydrogen (secondary N) is 1. The van der Waals surface area contributed by atoms with E-state index in [0.717, 1.165) is 13.0 Å². The summed E-state index contributed by atoms with van der Waals surface area (Å²) in [6.45, 7) is 5.10. The number of ether oxygens (including phenoxy) is 1. The number of likely N-dealkylation sites (N-methyl/N-ethyl adjacent to an activating group) is 1. The second-order valence-electron chi connectivity index (χ2n) is 4.76. The first kappa shape index (κ1) is 17.4. The Kier molecular flexibility index (Phi) is 7.08. The number of carbonyl (C=O) groups excluding carboxylic acids is 1. The topological polar surface area (TPSA) is 41.6 Å². The van der Waals surface area contributed by atoms with Gasteiger partial charge >= 0.3 is 0 Å². The van der Waals surface area contributed by atoms with Gasteiger partial charge in [0, 0.05) is 20.1 Å². The lowest BCUT2D eigenvalue weighted by atomic mass is 10.2. The first-order chi connectivity index (χ1) is 9.99. The lowest BCUT2D eigenvalue weighted by Gasteiger charge is -2.15. The van der Waals surface area contributed by atoms with E-state index in [1.807, 2.05) is 6.92 Å². The Morgan fingerprint density at radius 1 is 1.29 bits per heavy atom. The van der Waals surface area contributed by atoms with Gasteiger partial charge in [-0.1, -0.05) is 6.92 Å². The monoisotopic (exact) mass is 300 g/mol. The lowest BCUT2D eigenvalue weighted by Crippen LogP contribution is -2.31. The van der Waals surface area contributed by atoms with Crippen molar-refractivity contribution < 1.29 is 18.3 Å². The van der Waals surface area contributed by atoms with E-state index in [1.54, 1.807) is 14.0 Å². The third kappa shape index (κ3) is 5.30. The van der Waals surface area contributed by atoms with Gasteiger partial charge in [0.2, 0.25) is 0 Å². The van der Waals surface area contributed by atoms with Crippen LogP contribution in [0.1, 0.15) is 25.8 Å². The fourth-order valence-electron chi connectivity index (χ4n) is 1.68. The van der Waals surface area contributed by atoms with E-state index in [2.05, 4.69) is 5.32 Å². The largest absolute Gasteiger partial charge is 0.478 e. The Morgan fingerprint density at radius 2 is 1.90 bits per heavy atom. The quantitative estimate of drug-likeness (QED) is 0.749. The highest BCUT2D eigenvalue weighted by Gasteiger charge is 2.15. The summed E-state index contributed by atoms with van der Waals surface area (Å²) in [4.78, 5) is 13.0. The van der Waals surface area contributed by atoms with E-state index in [4.69, 9.17) is 4.74 Å². The Balaban J connectivity index is 2.69. The van der Waals surface area contributed by atoms with Crippen molar-refractivity contribution in [2.75, 3.05) is 26.7 Å². The molecule has 1 aromatic carbocycles. The third-order valence-electron chi connectivity index (χ3n) is 3.05. The van der Waals surface area contributed by atoms with Gasteiger partial charge in [-0.25, -0.2) is 8.78 Å². The van der Waals surface area contributed by atoms with Crippen LogP contribution in [0.25, 0.3) is 0 Å². The van der Waals surface area contributed by atoms with E-state index in [0.29, 0.717) is 18.7 Å². The Labute approximate surface area is 124 Å². The van der Waals surface area contributed by atoms with Crippen LogP contribution < -0.4 is 10.1 Å². The number of rotatable bonds is 8. The van der Waals surface area contributed by atoms with Crippen LogP contribution in [0, 0.1) is 11.6 Å². The van der Waals surface area contributed by atoms with Crippen LogP contribution in [0.5, 0.6) is 5.75 Å². The fourth-order valence-corrected chi connectivity index (χ4v) is 1.68. The minimum atomic E-state index is -0.796. The molecule has 0 unspecified atom stereocenters. The van der Waals surface area contributed by atoms with Crippen LogP contribution in [0.2, 0.25) is 0 Å². The zero-order chi connectivity index (χ0) is 15.8. The molecule has 118 valence electrons. The zero-order valence-electron chi connectivity index (χ0n) is 12.7. The molecule has 6 heteroatoms. The SMILES string of the molecule is CCCNCc1cc(F)c(OCC(=O)N(C)CC)c(F)c1. The minimum Gasteiger partial charge on any atom is -0.478 e. The highest BCUT2D eigenvalue weighted by molar-refractivity contribution is 5.77. The van der Waals surface area contributed by atoms with Crippen molar-refractivity contribution >= 4 is 5.91 Å². The predicted octanol–water partition coefficient (Wildman–Crippen LogP) is 2.32. The minimum absolute atomic E-state index is 0.329. The van der Waals surface area contributed by atoms with Crippen molar-refractivity contribution in [3.05, 3.63) is 29.3 Å². The maximum absolute atomic E-state index is 13.8. The fraction of sp³-hybridized carbons (Fsp3) is 0.533. The van der Waals surface area contributed by atoms with Crippen LogP contribution in [0.4, 0.5) is 8.78 Å². The molecular formula is C15H22F2N2O2. The van der Waals surface area contributed by atoms with Crippen molar-refractivity contribution in [2.24, 2.45) is 0 Å². The summed E-state index contributed by atoms with van der Waals surface area (Å²) < 4.78 is 32.6. The molecule has 0 saturated carbocycles. The van der Waals surface area contributed by atoms with Gasteiger partial charge in [0.25, 0.3) is 5.91 Å². The van der Waals surface area contributed by atoms with Crippen LogP contribution in [-0.2, 0) is 11.3 Å². The average molecular weight is 300 g/mol. The van der Waals surface area contributed by atoms with Crippen molar-refractivity contribution in [3.63, 3.8) is 0 Å². The third-order valence-corrected chi connectivity index (χ3v) is 3.05. The summed E-state index contributed by atoms with van der Waals surface area (Å²) in [5.41, 5.74) is 0.503. The highest BCUT2D eigenvalue weighted by Crippen LogP contribution is 2.23. The molecule has 0 fully saturated rings. The van der Waals surface area contributed by atoms with Gasteiger partial charge in [-0.3, -0.25) is 4.79 Å². The summed E-state index contributed by atoms with van der Waals surface area (Å²) in [7, 11) is 1.60. The number of hydrogen-bond donors (Lipinski definition) is 1. The lowest BCUT2D eigenvalue weighted by molar-refractivity contribution is -0.131. The molecule has 0 aromatic heterocycles. The molecule has 0 aliphatic carbocycles. The number of benzene rings is 1. The second kappa shape index (κ2) is 8.56. The number of carbonyl (C=O) groups is 1. The Bertz CT molecular complexity index is 458. The van der Waals surface area contributed by atoms with Crippen LogP contribution >= 0.6 is 0 Å². The van der Waals surface area contributed by atoms with Gasteiger partial charge in [-0.05, 0) is 37.6 Å². The maximum Gasteiger partial charge on any atom is 0.260 e. The molecular weight excluding hydrogens is 278 g/mol. The van der Waals surface area contributed by atoms with E-state index in [1.165, 1.54) is 17.0 Å². The second-order valence-corrected chi connectivity index (χ2v) is 4.76. The summed E-state index contributed by atoms with van der Waals surface area (Å²) in [5, 5.41) is 3.06. The molecule has 1 aromatic rings. The van der Waals surface area contributed by atoms with E-state index in [9.17, 15) is 13.6 Å². The van der Waals surface area contributed by atoms with Crippen molar-refractivity contribution in [1.82, 2.24) is 10.2 Å². The van der Waals surface area contributed by atoms with Gasteiger partial charge in [-0.15, -0.1) is 0 Å². The summed E-state index contributed by atoms with van der Waals surface area (Å²) in [5.74, 6) is -2.43. The van der Waals surface area contributed by atoms with E-state index < -0.39 is 17.4 Å². The van der Waals surface area contributed by atoms with Crippen LogP contribution in [0.15, 0.2) is 12.1 Å². The smallest absolute Gasteiger partial charge is 0.260 e. The number of hydrogen-bond acceptors (Lipinski definition) is 3. The summed E-state index contributed by atoms with van der Waals surface area (Å²) >= 11 is 0. The van der Waals surface area contributed by atoms with Gasteiger partial charge < -0.3 is 15.0 Å². The highest BCUT2D eigenvalue weighted by atomic mass is 19.1. The van der Waals surface area contributed by atoms with Gasteiger partial charge in [-0.2, -0.15) is 0 Å². The maximum atomic E-state index is 13.8. The van der Waals surface area contributed by atoms with Gasteiger partial charge in [0.1, 0.15) is 0 Å². The molecule has 0 saturated heterocycles. The molecule has 21 heavy (non-hydrogen) atoms. The zero-order valence-corrected chi connectivity index (χ0v) is 12.7. The summed E-state index contributed by atoms with van der Waals surface area (Å²) in [6, 6.07) is 2.43. The standard InChI is InChI=1S/C15H22F2N2O2/c1-4-6-18-9-11-7-12(16)15(13(17)8-11)21-10-14(20)19(3)5-2/h7-8,18H,4-6,9-10H2,1-3H3. The van der Waals surface area contributed by atoms with E-state index >= 15 is 0 Å². The Hall–Kier alpha value is -1.69. The number of nitrogens with zero attached hydrogens (tertiary/aromatic N) is 1. The molecule has 1 amide bonds. The van der Waals surface area contributed by atoms with Crippen molar-refractivity contribution in [3.8, 4) is 5.75 Å². The number of halogens is 2. The Morgan fingerprint density at radius 3 is 2.43 bits per heavy atom. The molecule has 0 bridgehead atoms. The van der Waals surface area contributed by atoms with Crippen LogP contribution in [-0.4, -0.2) is 37.6 Å². The predicted molar refractivity (Wildman–Crippen MR) is 77.2 cm³/mol. The molecule has 0 atom stereocenters. The molecule has 1 rings (SSSR count). The molecule has 0 radical (unpaired) electrons. The molecule has 0 heterocycles. The first-order valence-corrected chi connectivity index (χ1v) is 7.05. The van der Waals surface area contributed by atoms with Crippen molar-refractivity contribution in [2.45, 2.75) is 26.8 Å². The number of amides is 1. The molecule has 0 spiro atoms. The molecule has 0 aliphatic heterocycles. The van der Waals surface area contributed by atoms with E-state index in [-0.39, 0.29) is 12.5 Å². The molecule has 4 nitrogen and oxygen atoms in total. The van der Waals surface area contributed by atoms with Gasteiger partial charge in [0.15, 0.2) is 24.0 Å². The normalized spacial score (nSPS) is 10.5. The molecule has 1 N–H and O–H groups in total. The van der Waals surface area contributed by atoms with Crippen LogP contribution in [0.3, 0.4) is 0 Å². The van der Waals surface area contributed by atoms with Gasteiger partial charge in [0.05, 0.1) is 0 Å².